The lowest BCUT2D eigenvalue weighted by atomic mass is 9.83. The number of amides is 2. The van der Waals surface area contributed by atoms with E-state index in [0.717, 1.165) is 11.1 Å². The van der Waals surface area contributed by atoms with E-state index in [4.69, 9.17) is 11.6 Å². The number of urea groups is 1. The number of aryl methyl sites for hydroxylation is 1. The highest BCUT2D eigenvalue weighted by Gasteiger charge is 2.37. The van der Waals surface area contributed by atoms with Crippen LogP contribution in [-0.4, -0.2) is 11.8 Å². The number of hydrogen-bond acceptors (Lipinski definition) is 2. The first-order valence-corrected chi connectivity index (χ1v) is 7.96. The van der Waals surface area contributed by atoms with Crippen LogP contribution in [0.15, 0.2) is 60.8 Å². The molecule has 3 rings (SSSR count). The van der Waals surface area contributed by atoms with Gasteiger partial charge in [0.2, 0.25) is 0 Å². The Labute approximate surface area is 145 Å². The highest BCUT2D eigenvalue weighted by atomic mass is 35.5. The van der Waals surface area contributed by atoms with E-state index in [2.05, 4.69) is 17.2 Å². The molecule has 0 aliphatic carbocycles. The molecule has 1 saturated heterocycles. The Balaban J connectivity index is 1.98. The van der Waals surface area contributed by atoms with Crippen LogP contribution in [0.25, 0.3) is 0 Å². The number of hydrogen-bond donors (Lipinski definition) is 2. The molecule has 0 bridgehead atoms. The predicted octanol–water partition coefficient (Wildman–Crippen LogP) is 4.02. The third-order valence-electron chi connectivity index (χ3n) is 4.12. The van der Waals surface area contributed by atoms with Crippen molar-refractivity contribution in [3.8, 4) is 0 Å². The van der Waals surface area contributed by atoms with Gasteiger partial charge in [0.05, 0.1) is 12.0 Å². The first-order chi connectivity index (χ1) is 11.5. The van der Waals surface area contributed by atoms with Crippen molar-refractivity contribution in [1.82, 2.24) is 10.6 Å². The minimum Gasteiger partial charge on any atom is -0.330 e. The van der Waals surface area contributed by atoms with Crippen molar-refractivity contribution in [2.75, 3.05) is 0 Å². The molecular formula is C19H17ClN2O2. The Morgan fingerprint density at radius 2 is 1.71 bits per heavy atom. The van der Waals surface area contributed by atoms with Gasteiger partial charge in [-0.2, -0.15) is 0 Å². The fraction of sp³-hybridized carbons (Fsp3) is 0.158. The zero-order valence-corrected chi connectivity index (χ0v) is 13.9. The maximum atomic E-state index is 13.0. The Morgan fingerprint density at radius 1 is 1.08 bits per heavy atom. The molecule has 2 N–H and O–H groups in total. The molecule has 1 aliphatic heterocycles. The number of carbonyl (C=O) groups is 2. The molecule has 122 valence electrons. The number of rotatable bonds is 3. The summed E-state index contributed by atoms with van der Waals surface area (Å²) in [6.45, 7) is 5.87. The third-order valence-corrected chi connectivity index (χ3v) is 4.37. The van der Waals surface area contributed by atoms with E-state index in [1.807, 2.05) is 31.2 Å². The number of ketones is 1. The van der Waals surface area contributed by atoms with E-state index in [-0.39, 0.29) is 11.8 Å². The molecule has 0 unspecified atom stereocenters. The lowest BCUT2D eigenvalue weighted by Crippen LogP contribution is -2.50. The van der Waals surface area contributed by atoms with Gasteiger partial charge in [-0.3, -0.25) is 4.79 Å². The zero-order chi connectivity index (χ0) is 17.3. The van der Waals surface area contributed by atoms with Gasteiger partial charge >= 0.3 is 6.03 Å². The van der Waals surface area contributed by atoms with E-state index in [0.29, 0.717) is 16.3 Å². The quantitative estimate of drug-likeness (QED) is 0.829. The van der Waals surface area contributed by atoms with Crippen LogP contribution in [-0.2, 0) is 0 Å². The van der Waals surface area contributed by atoms with E-state index in [1.54, 1.807) is 24.3 Å². The van der Waals surface area contributed by atoms with Gasteiger partial charge in [-0.05, 0) is 36.8 Å². The Morgan fingerprint density at radius 3 is 2.33 bits per heavy atom. The summed E-state index contributed by atoms with van der Waals surface area (Å²) < 4.78 is 0. The number of nitrogens with one attached hydrogen (secondary N) is 2. The SMILES string of the molecule is C=C1NC(=O)N[C@@H](c2ccc(C)cc2)[C@@H]1C(=O)c1ccc(Cl)cc1. The number of halogens is 1. The first kappa shape index (κ1) is 16.3. The zero-order valence-electron chi connectivity index (χ0n) is 13.2. The van der Waals surface area contributed by atoms with Gasteiger partial charge in [0.15, 0.2) is 5.78 Å². The molecule has 0 spiro atoms. The van der Waals surface area contributed by atoms with Crippen molar-refractivity contribution in [3.05, 3.63) is 82.5 Å². The van der Waals surface area contributed by atoms with Crippen LogP contribution in [0, 0.1) is 12.8 Å². The minimum atomic E-state index is -0.591. The van der Waals surface area contributed by atoms with Crippen molar-refractivity contribution < 1.29 is 9.59 Å². The minimum absolute atomic E-state index is 0.116. The molecule has 5 heteroatoms. The number of Topliss-reactive ketones (excluding diaryl/α,β-unsaturated/α-hetero) is 1. The van der Waals surface area contributed by atoms with Crippen molar-refractivity contribution in [2.24, 2.45) is 5.92 Å². The van der Waals surface area contributed by atoms with Crippen molar-refractivity contribution >= 4 is 23.4 Å². The Kier molecular flexibility index (Phi) is 4.40. The van der Waals surface area contributed by atoms with Crippen LogP contribution < -0.4 is 10.6 Å². The van der Waals surface area contributed by atoms with Crippen molar-refractivity contribution in [1.29, 1.82) is 0 Å². The second-order valence-electron chi connectivity index (χ2n) is 5.86. The molecule has 1 aliphatic rings. The smallest absolute Gasteiger partial charge is 0.319 e. The second kappa shape index (κ2) is 6.49. The van der Waals surface area contributed by atoms with Gasteiger partial charge in [0, 0.05) is 16.3 Å². The Bertz CT molecular complexity index is 797. The molecule has 2 aromatic carbocycles. The topological polar surface area (TPSA) is 58.2 Å². The van der Waals surface area contributed by atoms with Crippen LogP contribution in [0.2, 0.25) is 5.02 Å². The summed E-state index contributed by atoms with van der Waals surface area (Å²) in [7, 11) is 0. The average molecular weight is 341 g/mol. The molecular weight excluding hydrogens is 324 g/mol. The monoisotopic (exact) mass is 340 g/mol. The van der Waals surface area contributed by atoms with E-state index in [1.165, 1.54) is 0 Å². The molecule has 2 atom stereocenters. The van der Waals surface area contributed by atoms with Gasteiger partial charge in [-0.25, -0.2) is 4.79 Å². The van der Waals surface area contributed by atoms with Crippen LogP contribution in [0.1, 0.15) is 27.5 Å². The highest BCUT2D eigenvalue weighted by Crippen LogP contribution is 2.32. The summed E-state index contributed by atoms with van der Waals surface area (Å²) in [4.78, 5) is 24.8. The van der Waals surface area contributed by atoms with Crippen molar-refractivity contribution in [2.45, 2.75) is 13.0 Å². The van der Waals surface area contributed by atoms with Crippen LogP contribution in [0.5, 0.6) is 0 Å². The second-order valence-corrected chi connectivity index (χ2v) is 6.30. The molecule has 4 nitrogen and oxygen atoms in total. The largest absolute Gasteiger partial charge is 0.330 e. The van der Waals surface area contributed by atoms with Gasteiger partial charge in [0.1, 0.15) is 0 Å². The molecule has 0 aromatic heterocycles. The summed E-state index contributed by atoms with van der Waals surface area (Å²) in [5, 5.41) is 6.01. The van der Waals surface area contributed by atoms with E-state index >= 15 is 0 Å². The van der Waals surface area contributed by atoms with E-state index < -0.39 is 12.0 Å². The molecule has 2 amide bonds. The molecule has 2 aromatic rings. The van der Waals surface area contributed by atoms with Crippen LogP contribution in [0.4, 0.5) is 4.79 Å². The maximum absolute atomic E-state index is 13.0. The lowest BCUT2D eigenvalue weighted by Gasteiger charge is -2.34. The summed E-state index contributed by atoms with van der Waals surface area (Å²) >= 11 is 5.89. The van der Waals surface area contributed by atoms with Gasteiger partial charge in [-0.15, -0.1) is 0 Å². The van der Waals surface area contributed by atoms with Gasteiger partial charge in [-0.1, -0.05) is 48.0 Å². The third kappa shape index (κ3) is 3.19. The fourth-order valence-electron chi connectivity index (χ4n) is 2.84. The fourth-order valence-corrected chi connectivity index (χ4v) is 2.96. The lowest BCUT2D eigenvalue weighted by molar-refractivity contribution is 0.0905. The predicted molar refractivity (Wildman–Crippen MR) is 94.0 cm³/mol. The maximum Gasteiger partial charge on any atom is 0.319 e. The average Bonchev–Trinajstić information content (AvgIpc) is 2.55. The first-order valence-electron chi connectivity index (χ1n) is 7.58. The van der Waals surface area contributed by atoms with Gasteiger partial charge in [0.25, 0.3) is 0 Å². The van der Waals surface area contributed by atoms with E-state index in [9.17, 15) is 9.59 Å². The highest BCUT2D eigenvalue weighted by molar-refractivity contribution is 6.30. The summed E-state index contributed by atoms with van der Waals surface area (Å²) in [5.74, 6) is -0.707. The molecule has 0 radical (unpaired) electrons. The van der Waals surface area contributed by atoms with Crippen LogP contribution in [0.3, 0.4) is 0 Å². The Hall–Kier alpha value is -2.59. The summed E-state index contributed by atoms with van der Waals surface area (Å²) in [6.07, 6.45) is 0. The molecule has 0 saturated carbocycles. The molecule has 1 heterocycles. The van der Waals surface area contributed by atoms with Gasteiger partial charge < -0.3 is 10.6 Å². The molecule has 1 fully saturated rings. The number of carbonyl (C=O) groups excluding carboxylic acids is 2. The number of benzene rings is 2. The molecule has 24 heavy (non-hydrogen) atoms. The van der Waals surface area contributed by atoms with Crippen LogP contribution >= 0.6 is 11.6 Å². The standard InChI is InChI=1S/C19H17ClN2O2/c1-11-3-5-13(6-4-11)17-16(12(2)21-19(24)22-17)18(23)14-7-9-15(20)10-8-14/h3-10,16-17H,2H2,1H3,(H2,21,22,24)/t16-,17+/m1/s1. The summed E-state index contributed by atoms with van der Waals surface area (Å²) in [6, 6.07) is 13.6. The van der Waals surface area contributed by atoms with Crippen molar-refractivity contribution in [3.63, 3.8) is 0 Å². The normalized spacial score (nSPS) is 20.2. The summed E-state index contributed by atoms with van der Waals surface area (Å²) in [5.41, 5.74) is 2.90.